The van der Waals surface area contributed by atoms with Crippen molar-refractivity contribution in [1.29, 1.82) is 0 Å². The normalized spacial score (nSPS) is 12.9. The van der Waals surface area contributed by atoms with Gasteiger partial charge in [-0.1, -0.05) is 13.8 Å². The van der Waals surface area contributed by atoms with E-state index in [2.05, 4.69) is 31.0 Å². The van der Waals surface area contributed by atoms with Gasteiger partial charge in [0.1, 0.15) is 0 Å². The Bertz CT molecular complexity index is 307. The Labute approximate surface area is 97.9 Å². The molecule has 0 aliphatic rings. The smallest absolute Gasteiger partial charge is 0.151 e. The predicted octanol–water partition coefficient (Wildman–Crippen LogP) is 1.46. The van der Waals surface area contributed by atoms with Gasteiger partial charge in [-0.25, -0.2) is 0 Å². The standard InChI is InChI=1S/C12H22N4/c1-9(2)7-11-5-6-12(15-14-11)16(4)10(3)8-13/h5-6,9-10H,7-8,13H2,1-4H3. The van der Waals surface area contributed by atoms with Gasteiger partial charge in [0.2, 0.25) is 0 Å². The van der Waals surface area contributed by atoms with Gasteiger partial charge >= 0.3 is 0 Å². The summed E-state index contributed by atoms with van der Waals surface area (Å²) >= 11 is 0. The number of anilines is 1. The number of rotatable bonds is 5. The van der Waals surface area contributed by atoms with Crippen molar-refractivity contribution in [3.63, 3.8) is 0 Å². The third kappa shape index (κ3) is 3.45. The Morgan fingerprint density at radius 3 is 2.38 bits per heavy atom. The number of hydrogen-bond donors (Lipinski definition) is 1. The molecular formula is C12H22N4. The topological polar surface area (TPSA) is 55.0 Å². The highest BCUT2D eigenvalue weighted by Gasteiger charge is 2.10. The Hall–Kier alpha value is -1.16. The molecule has 2 N–H and O–H groups in total. The Kier molecular flexibility index (Phi) is 4.68. The van der Waals surface area contributed by atoms with E-state index in [0.29, 0.717) is 12.5 Å². The lowest BCUT2D eigenvalue weighted by molar-refractivity contribution is 0.624. The molecule has 0 fully saturated rings. The molecule has 0 bridgehead atoms. The van der Waals surface area contributed by atoms with E-state index in [1.807, 2.05) is 24.1 Å². The van der Waals surface area contributed by atoms with Crippen molar-refractivity contribution in [3.8, 4) is 0 Å². The minimum absolute atomic E-state index is 0.283. The predicted molar refractivity (Wildman–Crippen MR) is 67.5 cm³/mol. The second-order valence-electron chi connectivity index (χ2n) is 4.68. The maximum Gasteiger partial charge on any atom is 0.151 e. The van der Waals surface area contributed by atoms with Gasteiger partial charge in [-0.15, -0.1) is 5.10 Å². The van der Waals surface area contributed by atoms with Crippen LogP contribution in [-0.2, 0) is 6.42 Å². The molecule has 0 amide bonds. The van der Waals surface area contributed by atoms with Gasteiger partial charge < -0.3 is 10.6 Å². The first-order valence-electron chi connectivity index (χ1n) is 5.80. The number of nitrogens with two attached hydrogens (primary N) is 1. The number of nitrogens with zero attached hydrogens (tertiary/aromatic N) is 3. The molecule has 0 saturated carbocycles. The van der Waals surface area contributed by atoms with Crippen LogP contribution in [0.15, 0.2) is 12.1 Å². The van der Waals surface area contributed by atoms with Crippen LogP contribution in [0.4, 0.5) is 5.82 Å². The fraction of sp³-hybridized carbons (Fsp3) is 0.667. The molecule has 16 heavy (non-hydrogen) atoms. The molecule has 0 aliphatic carbocycles. The molecule has 90 valence electrons. The van der Waals surface area contributed by atoms with Crippen LogP contribution < -0.4 is 10.6 Å². The van der Waals surface area contributed by atoms with Crippen molar-refractivity contribution in [2.75, 3.05) is 18.5 Å². The molecule has 1 unspecified atom stereocenters. The van der Waals surface area contributed by atoms with E-state index in [-0.39, 0.29) is 6.04 Å². The molecule has 1 rings (SSSR count). The van der Waals surface area contributed by atoms with Gasteiger partial charge in [0, 0.05) is 19.6 Å². The lowest BCUT2D eigenvalue weighted by atomic mass is 10.1. The molecule has 0 aromatic carbocycles. The monoisotopic (exact) mass is 222 g/mol. The zero-order valence-corrected chi connectivity index (χ0v) is 10.6. The second-order valence-corrected chi connectivity index (χ2v) is 4.68. The van der Waals surface area contributed by atoms with Crippen LogP contribution in [0.3, 0.4) is 0 Å². The Morgan fingerprint density at radius 1 is 1.25 bits per heavy atom. The fourth-order valence-electron chi connectivity index (χ4n) is 1.45. The van der Waals surface area contributed by atoms with Crippen molar-refractivity contribution >= 4 is 5.82 Å². The first-order chi connectivity index (χ1) is 7.54. The molecule has 4 nitrogen and oxygen atoms in total. The maximum atomic E-state index is 5.62. The van der Waals surface area contributed by atoms with Crippen molar-refractivity contribution in [2.24, 2.45) is 11.7 Å². The van der Waals surface area contributed by atoms with Crippen LogP contribution in [0.5, 0.6) is 0 Å². The van der Waals surface area contributed by atoms with E-state index in [4.69, 9.17) is 5.73 Å². The quantitative estimate of drug-likeness (QED) is 0.819. The van der Waals surface area contributed by atoms with Gasteiger partial charge in [0.15, 0.2) is 5.82 Å². The summed E-state index contributed by atoms with van der Waals surface area (Å²) in [5.41, 5.74) is 6.66. The zero-order chi connectivity index (χ0) is 12.1. The van der Waals surface area contributed by atoms with Crippen molar-refractivity contribution in [1.82, 2.24) is 10.2 Å². The first kappa shape index (κ1) is 12.9. The highest BCUT2D eigenvalue weighted by Crippen LogP contribution is 2.12. The van der Waals surface area contributed by atoms with Crippen LogP contribution >= 0.6 is 0 Å². The Morgan fingerprint density at radius 2 is 1.94 bits per heavy atom. The molecule has 0 aliphatic heterocycles. The summed E-state index contributed by atoms with van der Waals surface area (Å²) < 4.78 is 0. The van der Waals surface area contributed by atoms with Gasteiger partial charge in [-0.05, 0) is 31.4 Å². The average Bonchev–Trinajstić information content (AvgIpc) is 2.27. The molecule has 1 heterocycles. The third-order valence-corrected chi connectivity index (χ3v) is 2.69. The molecular weight excluding hydrogens is 200 g/mol. The van der Waals surface area contributed by atoms with E-state index in [9.17, 15) is 0 Å². The largest absolute Gasteiger partial charge is 0.354 e. The van der Waals surface area contributed by atoms with Crippen LogP contribution in [0.1, 0.15) is 26.5 Å². The van der Waals surface area contributed by atoms with Crippen molar-refractivity contribution in [3.05, 3.63) is 17.8 Å². The summed E-state index contributed by atoms with van der Waals surface area (Å²) in [5.74, 6) is 1.49. The lowest BCUT2D eigenvalue weighted by Gasteiger charge is -2.24. The lowest BCUT2D eigenvalue weighted by Crippen LogP contribution is -2.35. The van der Waals surface area contributed by atoms with E-state index in [1.54, 1.807) is 0 Å². The van der Waals surface area contributed by atoms with Gasteiger partial charge in [0.05, 0.1) is 5.69 Å². The maximum absolute atomic E-state index is 5.62. The van der Waals surface area contributed by atoms with Crippen LogP contribution in [-0.4, -0.2) is 29.8 Å². The summed E-state index contributed by atoms with van der Waals surface area (Å²) in [6.45, 7) is 7.05. The summed E-state index contributed by atoms with van der Waals surface area (Å²) in [6, 6.07) is 4.34. The highest BCUT2D eigenvalue weighted by molar-refractivity contribution is 5.37. The molecule has 1 atom stereocenters. The number of hydrogen-bond acceptors (Lipinski definition) is 4. The van der Waals surface area contributed by atoms with Crippen molar-refractivity contribution in [2.45, 2.75) is 33.2 Å². The van der Waals surface area contributed by atoms with Gasteiger partial charge in [-0.3, -0.25) is 0 Å². The third-order valence-electron chi connectivity index (χ3n) is 2.69. The summed E-state index contributed by atoms with van der Waals surface area (Å²) in [4.78, 5) is 2.05. The molecule has 1 aromatic heterocycles. The molecule has 1 aromatic rings. The zero-order valence-electron chi connectivity index (χ0n) is 10.6. The highest BCUT2D eigenvalue weighted by atomic mass is 15.3. The Balaban J connectivity index is 2.70. The van der Waals surface area contributed by atoms with Crippen LogP contribution in [0.2, 0.25) is 0 Å². The number of aromatic nitrogens is 2. The van der Waals surface area contributed by atoms with Crippen LogP contribution in [0, 0.1) is 5.92 Å². The summed E-state index contributed by atoms with van der Waals surface area (Å²) in [6.07, 6.45) is 0.976. The minimum atomic E-state index is 0.283. The molecule has 0 spiro atoms. The van der Waals surface area contributed by atoms with E-state index in [0.717, 1.165) is 17.9 Å². The summed E-state index contributed by atoms with van der Waals surface area (Å²) in [5, 5.41) is 8.45. The van der Waals surface area contributed by atoms with Crippen LogP contribution in [0.25, 0.3) is 0 Å². The SMILES string of the molecule is CC(C)Cc1ccc(N(C)C(C)CN)nn1. The molecule has 4 heteroatoms. The number of likely N-dealkylation sites (N-methyl/N-ethyl adjacent to an activating group) is 1. The minimum Gasteiger partial charge on any atom is -0.354 e. The molecule has 0 radical (unpaired) electrons. The van der Waals surface area contributed by atoms with E-state index >= 15 is 0 Å². The van der Waals surface area contributed by atoms with Crippen molar-refractivity contribution < 1.29 is 0 Å². The average molecular weight is 222 g/mol. The van der Waals surface area contributed by atoms with Gasteiger partial charge in [-0.2, -0.15) is 5.10 Å². The first-order valence-corrected chi connectivity index (χ1v) is 5.80. The second kappa shape index (κ2) is 5.80. The van der Waals surface area contributed by atoms with E-state index in [1.165, 1.54) is 0 Å². The van der Waals surface area contributed by atoms with Gasteiger partial charge in [0.25, 0.3) is 0 Å². The fourth-order valence-corrected chi connectivity index (χ4v) is 1.45. The summed E-state index contributed by atoms with van der Waals surface area (Å²) in [7, 11) is 1.99. The van der Waals surface area contributed by atoms with E-state index < -0.39 is 0 Å². The molecule has 0 saturated heterocycles.